The molecule has 3 atom stereocenters. The van der Waals surface area contributed by atoms with E-state index in [1.54, 1.807) is 7.11 Å². The topological polar surface area (TPSA) is 77.1 Å². The van der Waals surface area contributed by atoms with Gasteiger partial charge in [-0.05, 0) is 92.3 Å². The maximum atomic E-state index is 13.0. The molecule has 0 aromatic heterocycles. The number of carbonyl (C=O) groups is 2. The van der Waals surface area contributed by atoms with Crippen LogP contribution in [-0.4, -0.2) is 62.6 Å². The van der Waals surface area contributed by atoms with Gasteiger partial charge in [-0.3, -0.25) is 9.59 Å². The van der Waals surface area contributed by atoms with Gasteiger partial charge >= 0.3 is 0 Å². The Labute approximate surface area is 232 Å². The minimum absolute atomic E-state index is 0.0502. The third-order valence-electron chi connectivity index (χ3n) is 8.33. The molecule has 39 heavy (non-hydrogen) atoms. The van der Waals surface area contributed by atoms with Crippen molar-refractivity contribution in [1.29, 1.82) is 0 Å². The van der Waals surface area contributed by atoms with Gasteiger partial charge in [0, 0.05) is 44.1 Å². The molecule has 1 saturated carbocycles. The molecule has 7 nitrogen and oxygen atoms in total. The van der Waals surface area contributed by atoms with Crippen molar-refractivity contribution in [3.8, 4) is 17.2 Å². The summed E-state index contributed by atoms with van der Waals surface area (Å²) in [5, 5.41) is 3.35. The lowest BCUT2D eigenvalue weighted by Crippen LogP contribution is -2.48. The van der Waals surface area contributed by atoms with E-state index in [9.17, 15) is 9.59 Å². The van der Waals surface area contributed by atoms with Crippen molar-refractivity contribution >= 4 is 11.7 Å². The number of hydrogen-bond acceptors (Lipinski definition) is 6. The second kappa shape index (κ2) is 13.3. The van der Waals surface area contributed by atoms with Crippen molar-refractivity contribution < 1.29 is 23.8 Å². The maximum absolute atomic E-state index is 13.0. The summed E-state index contributed by atoms with van der Waals surface area (Å²) < 4.78 is 16.6. The summed E-state index contributed by atoms with van der Waals surface area (Å²) in [6, 6.07) is 13.4. The van der Waals surface area contributed by atoms with Crippen LogP contribution in [0.4, 0.5) is 0 Å². The van der Waals surface area contributed by atoms with E-state index in [2.05, 4.69) is 22.3 Å². The lowest BCUT2D eigenvalue weighted by atomic mass is 9.97. The number of nitrogens with zero attached hydrogens (tertiary/aromatic N) is 1. The van der Waals surface area contributed by atoms with Crippen LogP contribution < -0.4 is 19.5 Å². The van der Waals surface area contributed by atoms with Gasteiger partial charge in [-0.1, -0.05) is 12.5 Å². The number of ketones is 1. The summed E-state index contributed by atoms with van der Waals surface area (Å²) in [4.78, 5) is 28.0. The van der Waals surface area contributed by atoms with Crippen molar-refractivity contribution in [2.45, 2.75) is 63.8 Å². The molecule has 0 spiro atoms. The number of methoxy groups -OCH3 is 1. The van der Waals surface area contributed by atoms with Gasteiger partial charge in [0.1, 0.15) is 19.0 Å². The van der Waals surface area contributed by atoms with Gasteiger partial charge in [0.25, 0.3) is 0 Å². The fraction of sp³-hybridized carbons (Fsp3) is 0.562. The zero-order chi connectivity index (χ0) is 27.0. The molecule has 1 saturated heterocycles. The Morgan fingerprint density at radius 1 is 0.949 bits per heavy atom. The van der Waals surface area contributed by atoms with Crippen LogP contribution in [0.5, 0.6) is 17.2 Å². The van der Waals surface area contributed by atoms with Gasteiger partial charge in [0.15, 0.2) is 17.3 Å². The van der Waals surface area contributed by atoms with Crippen LogP contribution in [0.1, 0.15) is 67.3 Å². The van der Waals surface area contributed by atoms with Crippen LogP contribution in [0.2, 0.25) is 0 Å². The number of ether oxygens (including phenoxy) is 3. The first-order valence-corrected chi connectivity index (χ1v) is 14.6. The number of unbranched alkanes of at least 4 members (excludes halogenated alkanes) is 2. The first-order valence-electron chi connectivity index (χ1n) is 14.6. The van der Waals surface area contributed by atoms with Crippen molar-refractivity contribution in [3.05, 3.63) is 53.6 Å². The molecule has 2 aromatic carbocycles. The molecule has 1 amide bonds. The molecule has 7 heteroatoms. The van der Waals surface area contributed by atoms with Crippen LogP contribution in [0.25, 0.3) is 0 Å². The number of amides is 1. The Balaban J connectivity index is 1.10. The number of benzene rings is 2. The van der Waals surface area contributed by atoms with Crippen molar-refractivity contribution in [1.82, 2.24) is 10.2 Å². The van der Waals surface area contributed by atoms with Gasteiger partial charge in [-0.25, -0.2) is 0 Å². The van der Waals surface area contributed by atoms with Crippen molar-refractivity contribution in [2.75, 3.05) is 40.0 Å². The monoisotopic (exact) mass is 534 g/mol. The summed E-state index contributed by atoms with van der Waals surface area (Å²) in [5.74, 6) is 4.20. The van der Waals surface area contributed by atoms with E-state index in [1.165, 1.54) is 19.3 Å². The number of rotatable bonds is 13. The molecular formula is C32H42N2O5. The highest BCUT2D eigenvalue weighted by molar-refractivity contribution is 5.96. The molecule has 3 unspecified atom stereocenters. The number of nitrogens with one attached hydrogen (secondary N) is 1. The van der Waals surface area contributed by atoms with Gasteiger partial charge in [-0.2, -0.15) is 0 Å². The summed E-state index contributed by atoms with van der Waals surface area (Å²) in [7, 11) is 1.62. The number of piperidine rings is 1. The Morgan fingerprint density at radius 3 is 2.41 bits per heavy atom. The molecule has 2 aromatic rings. The van der Waals surface area contributed by atoms with Crippen molar-refractivity contribution in [2.24, 2.45) is 11.8 Å². The average Bonchev–Trinajstić information content (AvgIpc) is 3.30. The molecule has 0 radical (unpaired) electrons. The van der Waals surface area contributed by atoms with Crippen molar-refractivity contribution in [3.63, 3.8) is 0 Å². The van der Waals surface area contributed by atoms with E-state index in [4.69, 9.17) is 14.2 Å². The van der Waals surface area contributed by atoms with Crippen LogP contribution >= 0.6 is 0 Å². The van der Waals surface area contributed by atoms with Gasteiger partial charge < -0.3 is 24.4 Å². The Morgan fingerprint density at radius 2 is 1.67 bits per heavy atom. The first kappa shape index (κ1) is 27.5. The zero-order valence-electron chi connectivity index (χ0n) is 23.2. The smallest absolute Gasteiger partial charge is 0.220 e. The van der Waals surface area contributed by atoms with E-state index in [0.717, 1.165) is 80.0 Å². The highest BCUT2D eigenvalue weighted by Gasteiger charge is 2.33. The Kier molecular flexibility index (Phi) is 9.40. The van der Waals surface area contributed by atoms with E-state index < -0.39 is 0 Å². The molecule has 2 fully saturated rings. The van der Waals surface area contributed by atoms with Crippen LogP contribution in [0.3, 0.4) is 0 Å². The summed E-state index contributed by atoms with van der Waals surface area (Å²) in [5.41, 5.74) is 1.86. The molecule has 2 aliphatic heterocycles. The third kappa shape index (κ3) is 7.75. The summed E-state index contributed by atoms with van der Waals surface area (Å²) in [6.45, 7) is 4.32. The highest BCUT2D eigenvalue weighted by atomic mass is 16.6. The number of Topliss-reactive ketones (excluding diaryl/α,β-unsaturated/α-hetero) is 1. The van der Waals surface area contributed by atoms with E-state index in [0.29, 0.717) is 31.6 Å². The standard InChI is InChI=1S/C32H42N2O5/c1-37-28-12-10-26(11-13-28)29(35)5-3-2-4-6-32(36)33-27(22-34-20-24-7-8-25(17-24)21-34)18-23-9-14-30-31(19-23)39-16-15-38-30/h9-14,19,24-25,27H,2-8,15-18,20-22H2,1H3,(H,33,36). The summed E-state index contributed by atoms with van der Waals surface area (Å²) >= 11 is 0. The quantitative estimate of drug-likeness (QED) is 0.286. The average molecular weight is 535 g/mol. The van der Waals surface area contributed by atoms with Crippen LogP contribution in [0, 0.1) is 11.8 Å². The molecule has 1 aliphatic carbocycles. The van der Waals surface area contributed by atoms with E-state index >= 15 is 0 Å². The number of carbonyl (C=O) groups excluding carboxylic acids is 2. The van der Waals surface area contributed by atoms with Gasteiger partial charge in [0.2, 0.25) is 5.91 Å². The Bertz CT molecular complexity index is 1110. The molecule has 3 aliphatic rings. The molecule has 2 bridgehead atoms. The Hall–Kier alpha value is -3.06. The van der Waals surface area contributed by atoms with E-state index in [1.807, 2.05) is 30.3 Å². The van der Waals surface area contributed by atoms with Gasteiger partial charge in [0.05, 0.1) is 7.11 Å². The predicted octanol–water partition coefficient (Wildman–Crippen LogP) is 5.06. The normalized spacial score (nSPS) is 20.8. The third-order valence-corrected chi connectivity index (χ3v) is 8.33. The maximum Gasteiger partial charge on any atom is 0.220 e. The van der Waals surface area contributed by atoms with Gasteiger partial charge in [-0.15, -0.1) is 0 Å². The lowest BCUT2D eigenvalue weighted by molar-refractivity contribution is -0.122. The largest absolute Gasteiger partial charge is 0.497 e. The minimum Gasteiger partial charge on any atom is -0.497 e. The minimum atomic E-state index is 0.0502. The van der Waals surface area contributed by atoms with E-state index in [-0.39, 0.29) is 17.7 Å². The lowest BCUT2D eigenvalue weighted by Gasteiger charge is -2.34. The SMILES string of the molecule is COc1ccc(C(=O)CCCCCC(=O)NC(Cc2ccc3c(c2)OCCO3)CN2CC3CCC(C3)C2)cc1. The first-order chi connectivity index (χ1) is 19.1. The van der Waals surface area contributed by atoms with Crippen LogP contribution in [0.15, 0.2) is 42.5 Å². The molecular weight excluding hydrogens is 492 g/mol. The second-order valence-electron chi connectivity index (χ2n) is 11.4. The zero-order valence-corrected chi connectivity index (χ0v) is 23.2. The predicted molar refractivity (Wildman–Crippen MR) is 151 cm³/mol. The molecule has 1 N–H and O–H groups in total. The number of hydrogen-bond donors (Lipinski definition) is 1. The van der Waals surface area contributed by atoms with Crippen LogP contribution in [-0.2, 0) is 11.2 Å². The molecule has 2 heterocycles. The fourth-order valence-electron chi connectivity index (χ4n) is 6.41. The summed E-state index contributed by atoms with van der Waals surface area (Å²) in [6.07, 6.45) is 8.25. The molecule has 5 rings (SSSR count). The fourth-order valence-corrected chi connectivity index (χ4v) is 6.41. The second-order valence-corrected chi connectivity index (χ2v) is 11.4. The highest BCUT2D eigenvalue weighted by Crippen LogP contribution is 2.36. The number of fused-ring (bicyclic) bond motifs is 3. The number of likely N-dealkylation sites (tertiary alicyclic amines) is 1. The molecule has 210 valence electrons.